The van der Waals surface area contributed by atoms with Crippen molar-refractivity contribution in [3.05, 3.63) is 65.9 Å². The number of methoxy groups -OCH3 is 1. The van der Waals surface area contributed by atoms with E-state index in [1.54, 1.807) is 48.5 Å². The number of nitrogens with zero attached hydrogens (tertiary/aromatic N) is 1. The van der Waals surface area contributed by atoms with Gasteiger partial charge in [0.2, 0.25) is 0 Å². The predicted molar refractivity (Wildman–Crippen MR) is 96.7 cm³/mol. The summed E-state index contributed by atoms with van der Waals surface area (Å²) >= 11 is 0. The number of amides is 1. The molecule has 0 unspecified atom stereocenters. The van der Waals surface area contributed by atoms with E-state index in [0.717, 1.165) is 0 Å². The molecule has 0 heterocycles. The van der Waals surface area contributed by atoms with Crippen molar-refractivity contribution in [2.45, 2.75) is 6.42 Å². The molecule has 132 valence electrons. The number of ether oxygens (including phenoxy) is 1. The normalized spacial score (nSPS) is 10.5. The molecule has 0 bridgehead atoms. The molecule has 7 heteroatoms. The summed E-state index contributed by atoms with van der Waals surface area (Å²) in [5.74, 6) is -1.00. The van der Waals surface area contributed by atoms with Crippen LogP contribution in [-0.2, 0) is 16.0 Å². The van der Waals surface area contributed by atoms with Crippen LogP contribution in [0.15, 0.2) is 60.3 Å². The number of hydrogen-bond donors (Lipinski definition) is 3. The lowest BCUT2D eigenvalue weighted by atomic mass is 10.1. The molecule has 3 N–H and O–H groups in total. The third-order valence-electron chi connectivity index (χ3n) is 3.41. The minimum absolute atomic E-state index is 0.0686. The first kappa shape index (κ1) is 18.5. The molecule has 0 aliphatic rings. The molecule has 0 aliphatic heterocycles. The third kappa shape index (κ3) is 5.11. The predicted octanol–water partition coefficient (Wildman–Crippen LogP) is 2.78. The van der Waals surface area contributed by atoms with E-state index in [9.17, 15) is 14.9 Å². The molecular formula is C19H17N3O4. The van der Waals surface area contributed by atoms with Crippen LogP contribution in [0.3, 0.4) is 0 Å². The van der Waals surface area contributed by atoms with E-state index in [-0.39, 0.29) is 12.0 Å². The van der Waals surface area contributed by atoms with E-state index in [1.165, 1.54) is 13.3 Å². The van der Waals surface area contributed by atoms with Gasteiger partial charge in [-0.15, -0.1) is 0 Å². The maximum atomic E-state index is 12.2. The van der Waals surface area contributed by atoms with Gasteiger partial charge in [-0.1, -0.05) is 24.3 Å². The first-order valence-electron chi connectivity index (χ1n) is 7.65. The van der Waals surface area contributed by atoms with E-state index in [4.69, 9.17) is 9.84 Å². The first-order chi connectivity index (χ1) is 12.5. The van der Waals surface area contributed by atoms with Crippen LogP contribution >= 0.6 is 0 Å². The summed E-state index contributed by atoms with van der Waals surface area (Å²) in [4.78, 5) is 22.9. The molecule has 26 heavy (non-hydrogen) atoms. The fourth-order valence-corrected chi connectivity index (χ4v) is 2.14. The Balaban J connectivity index is 2.06. The Morgan fingerprint density at radius 1 is 1.19 bits per heavy atom. The van der Waals surface area contributed by atoms with Crippen molar-refractivity contribution in [3.63, 3.8) is 0 Å². The van der Waals surface area contributed by atoms with Crippen molar-refractivity contribution in [1.82, 2.24) is 0 Å². The molecule has 2 aromatic carbocycles. The topological polar surface area (TPSA) is 111 Å². The van der Waals surface area contributed by atoms with Gasteiger partial charge in [0, 0.05) is 11.9 Å². The summed E-state index contributed by atoms with van der Waals surface area (Å²) in [5.41, 5.74) is 1.61. The second-order valence-corrected chi connectivity index (χ2v) is 5.24. The van der Waals surface area contributed by atoms with Gasteiger partial charge in [0.15, 0.2) is 0 Å². The van der Waals surface area contributed by atoms with Gasteiger partial charge in [0.05, 0.1) is 19.2 Å². The molecule has 0 aliphatic carbocycles. The van der Waals surface area contributed by atoms with Gasteiger partial charge in [-0.05, 0) is 29.8 Å². The van der Waals surface area contributed by atoms with Crippen LogP contribution in [0.5, 0.6) is 5.75 Å². The first-order valence-corrected chi connectivity index (χ1v) is 7.65. The van der Waals surface area contributed by atoms with Crippen LogP contribution < -0.4 is 15.4 Å². The average Bonchev–Trinajstić information content (AvgIpc) is 2.63. The van der Waals surface area contributed by atoms with Crippen molar-refractivity contribution >= 4 is 23.3 Å². The zero-order valence-corrected chi connectivity index (χ0v) is 14.0. The van der Waals surface area contributed by atoms with Gasteiger partial charge in [-0.25, -0.2) is 0 Å². The number of carbonyl (C=O) groups is 2. The standard InChI is InChI=1S/C19H17N3O4/c1-26-17-5-3-2-4-16(17)22-19(25)14(11-20)12-21-15-8-6-13(7-9-15)10-18(23)24/h2-9,12,21H,10H2,1H3,(H,22,25)(H,23,24)/b14-12-. The van der Waals surface area contributed by atoms with Crippen LogP contribution in [0.25, 0.3) is 0 Å². The number of carboxylic acids is 1. The zero-order chi connectivity index (χ0) is 18.9. The maximum absolute atomic E-state index is 12.2. The van der Waals surface area contributed by atoms with Crippen molar-refractivity contribution < 1.29 is 19.4 Å². The highest BCUT2D eigenvalue weighted by atomic mass is 16.5. The summed E-state index contributed by atoms with van der Waals surface area (Å²) in [6.45, 7) is 0. The quantitative estimate of drug-likeness (QED) is 0.522. The highest BCUT2D eigenvalue weighted by Crippen LogP contribution is 2.23. The van der Waals surface area contributed by atoms with Gasteiger partial charge in [0.1, 0.15) is 17.4 Å². The number of rotatable bonds is 7. The monoisotopic (exact) mass is 351 g/mol. The fraction of sp³-hybridized carbons (Fsp3) is 0.105. The van der Waals surface area contributed by atoms with E-state index in [1.807, 2.05) is 6.07 Å². The van der Waals surface area contributed by atoms with E-state index < -0.39 is 11.9 Å². The molecule has 0 aromatic heterocycles. The number of nitrogens with one attached hydrogen (secondary N) is 2. The number of benzene rings is 2. The largest absolute Gasteiger partial charge is 0.495 e. The van der Waals surface area contributed by atoms with E-state index in [2.05, 4.69) is 10.6 Å². The number of anilines is 2. The van der Waals surface area contributed by atoms with Gasteiger partial charge in [0.25, 0.3) is 5.91 Å². The molecular weight excluding hydrogens is 334 g/mol. The lowest BCUT2D eigenvalue weighted by Crippen LogP contribution is -2.15. The molecule has 0 radical (unpaired) electrons. The summed E-state index contributed by atoms with van der Waals surface area (Å²) in [6, 6.07) is 15.4. The molecule has 7 nitrogen and oxygen atoms in total. The summed E-state index contributed by atoms with van der Waals surface area (Å²) < 4.78 is 5.15. The Bertz CT molecular complexity index is 867. The number of para-hydroxylation sites is 2. The highest BCUT2D eigenvalue weighted by molar-refractivity contribution is 6.07. The Kier molecular flexibility index (Phi) is 6.34. The van der Waals surface area contributed by atoms with Crippen molar-refractivity contribution in [2.24, 2.45) is 0 Å². The molecule has 1 amide bonds. The Morgan fingerprint density at radius 3 is 2.50 bits per heavy atom. The van der Waals surface area contributed by atoms with Crippen molar-refractivity contribution in [2.75, 3.05) is 17.7 Å². The second kappa shape index (κ2) is 8.89. The lowest BCUT2D eigenvalue weighted by Gasteiger charge is -2.09. The van der Waals surface area contributed by atoms with Crippen LogP contribution in [-0.4, -0.2) is 24.1 Å². The van der Waals surface area contributed by atoms with Gasteiger partial charge < -0.3 is 20.5 Å². The van der Waals surface area contributed by atoms with Crippen LogP contribution in [0, 0.1) is 11.3 Å². The minimum atomic E-state index is -0.912. The number of carboxylic acid groups (broad SMARTS) is 1. The number of hydrogen-bond acceptors (Lipinski definition) is 5. The van der Waals surface area contributed by atoms with Gasteiger partial charge in [-0.2, -0.15) is 5.26 Å². The summed E-state index contributed by atoms with van der Waals surface area (Å²) in [7, 11) is 1.49. The zero-order valence-electron chi connectivity index (χ0n) is 14.0. The summed E-state index contributed by atoms with van der Waals surface area (Å²) in [5, 5.41) is 23.4. The highest BCUT2D eigenvalue weighted by Gasteiger charge is 2.11. The molecule has 0 saturated heterocycles. The molecule has 2 rings (SSSR count). The SMILES string of the molecule is COc1ccccc1NC(=O)/C(C#N)=C\Nc1ccc(CC(=O)O)cc1. The second-order valence-electron chi connectivity index (χ2n) is 5.24. The number of nitriles is 1. The number of aliphatic carboxylic acids is 1. The molecule has 0 saturated carbocycles. The van der Waals surface area contributed by atoms with Crippen molar-refractivity contribution in [3.8, 4) is 11.8 Å². The minimum Gasteiger partial charge on any atom is -0.495 e. The average molecular weight is 351 g/mol. The number of carbonyl (C=O) groups excluding carboxylic acids is 1. The lowest BCUT2D eigenvalue weighted by molar-refractivity contribution is -0.136. The van der Waals surface area contributed by atoms with Gasteiger partial charge >= 0.3 is 5.97 Å². The third-order valence-corrected chi connectivity index (χ3v) is 3.41. The maximum Gasteiger partial charge on any atom is 0.307 e. The van der Waals surface area contributed by atoms with Crippen molar-refractivity contribution in [1.29, 1.82) is 5.26 Å². The smallest absolute Gasteiger partial charge is 0.307 e. The summed E-state index contributed by atoms with van der Waals surface area (Å²) in [6.07, 6.45) is 1.22. The van der Waals surface area contributed by atoms with E-state index >= 15 is 0 Å². The Morgan fingerprint density at radius 2 is 1.88 bits per heavy atom. The molecule has 0 atom stereocenters. The van der Waals surface area contributed by atoms with E-state index in [0.29, 0.717) is 22.7 Å². The van der Waals surface area contributed by atoms with Crippen LogP contribution in [0.4, 0.5) is 11.4 Å². The fourth-order valence-electron chi connectivity index (χ4n) is 2.14. The molecule has 2 aromatic rings. The van der Waals surface area contributed by atoms with Crippen LogP contribution in [0.1, 0.15) is 5.56 Å². The molecule has 0 fully saturated rings. The molecule has 0 spiro atoms. The Hall–Kier alpha value is -3.79. The Labute approximate surface area is 150 Å². The van der Waals surface area contributed by atoms with Crippen LogP contribution in [0.2, 0.25) is 0 Å². The van der Waals surface area contributed by atoms with Gasteiger partial charge in [-0.3, -0.25) is 9.59 Å².